The highest BCUT2D eigenvalue weighted by molar-refractivity contribution is 7.90. The second-order valence-electron chi connectivity index (χ2n) is 5.27. The number of unbranched alkanes of at least 4 members (excludes halogenated alkanes) is 1. The lowest BCUT2D eigenvalue weighted by atomic mass is 10.2. The number of hydrogen-bond acceptors (Lipinski definition) is 5. The van der Waals surface area contributed by atoms with Gasteiger partial charge in [0.15, 0.2) is 0 Å². The first-order valence-corrected chi connectivity index (χ1v) is 9.17. The number of rotatable bonds is 8. The van der Waals surface area contributed by atoms with Crippen molar-refractivity contribution in [3.05, 3.63) is 22.7 Å². The highest BCUT2D eigenvalue weighted by atomic mass is 35.5. The van der Waals surface area contributed by atoms with Gasteiger partial charge in [-0.3, -0.25) is 0 Å². The van der Waals surface area contributed by atoms with E-state index in [2.05, 4.69) is 14.5 Å². The molecule has 0 aliphatic heterocycles. The van der Waals surface area contributed by atoms with Crippen molar-refractivity contribution in [3.8, 4) is 0 Å². The second-order valence-corrected chi connectivity index (χ2v) is 7.25. The first-order valence-electron chi connectivity index (χ1n) is 7.35. The average Bonchev–Trinajstić information content (AvgIpc) is 2.53. The fourth-order valence-electron chi connectivity index (χ4n) is 1.76. The number of halogens is 1. The number of benzene rings is 1. The smallest absolute Gasteiger partial charge is 0.337 e. The summed E-state index contributed by atoms with van der Waals surface area (Å²) in [7, 11) is 0.451. The Morgan fingerprint density at radius 2 is 2.08 bits per heavy atom. The van der Waals surface area contributed by atoms with Gasteiger partial charge in [0, 0.05) is 20.6 Å². The summed E-state index contributed by atoms with van der Waals surface area (Å²) in [6.45, 7) is 2.63. The summed E-state index contributed by atoms with van der Waals surface area (Å²) in [5.41, 5.74) is 0.436. The maximum absolute atomic E-state index is 12.4. The standard InChI is InChI=1S/C15H22ClN3O4S/c1-5-6-7-17-12-8-11(15(20)23-4)9-13(14(12)16)24(21,22)18-10-19(2)3/h8-10,17H,5-7H2,1-4H3. The Bertz CT molecular complexity index is 718. The Balaban J connectivity index is 3.41. The van der Waals surface area contributed by atoms with Crippen LogP contribution < -0.4 is 5.32 Å². The third-order valence-corrected chi connectivity index (χ3v) is 4.77. The number of carbonyl (C=O) groups is 1. The van der Waals surface area contributed by atoms with E-state index in [9.17, 15) is 13.2 Å². The molecule has 7 nitrogen and oxygen atoms in total. The van der Waals surface area contributed by atoms with Crippen LogP contribution in [-0.2, 0) is 14.8 Å². The number of esters is 1. The SMILES string of the molecule is CCCCNc1cc(C(=O)OC)cc(S(=O)(=O)N=CN(C)C)c1Cl. The molecule has 1 rings (SSSR count). The van der Waals surface area contributed by atoms with E-state index in [-0.39, 0.29) is 15.5 Å². The number of carbonyl (C=O) groups excluding carboxylic acids is 1. The predicted octanol–water partition coefficient (Wildman–Crippen LogP) is 2.62. The minimum absolute atomic E-state index is 0.00494. The molecule has 0 unspecified atom stereocenters. The maximum atomic E-state index is 12.4. The van der Waals surface area contributed by atoms with Gasteiger partial charge in [-0.1, -0.05) is 24.9 Å². The highest BCUT2D eigenvalue weighted by Gasteiger charge is 2.23. The maximum Gasteiger partial charge on any atom is 0.337 e. The number of anilines is 1. The Morgan fingerprint density at radius 3 is 2.62 bits per heavy atom. The molecule has 0 aliphatic carbocycles. The minimum Gasteiger partial charge on any atom is -0.465 e. The van der Waals surface area contributed by atoms with Crippen LogP contribution in [0.3, 0.4) is 0 Å². The quantitative estimate of drug-likeness (QED) is 0.325. The van der Waals surface area contributed by atoms with E-state index >= 15 is 0 Å². The third-order valence-electron chi connectivity index (χ3n) is 3.00. The van der Waals surface area contributed by atoms with Gasteiger partial charge < -0.3 is 15.0 Å². The molecule has 0 fully saturated rings. The first-order chi connectivity index (χ1) is 11.2. The van der Waals surface area contributed by atoms with E-state index in [1.54, 1.807) is 14.1 Å². The predicted molar refractivity (Wildman–Crippen MR) is 95.6 cm³/mol. The summed E-state index contributed by atoms with van der Waals surface area (Å²) in [5, 5.41) is 3.04. The van der Waals surface area contributed by atoms with Crippen LogP contribution in [0.15, 0.2) is 21.4 Å². The van der Waals surface area contributed by atoms with Gasteiger partial charge in [0.1, 0.15) is 11.2 Å². The van der Waals surface area contributed by atoms with Crippen molar-refractivity contribution in [3.63, 3.8) is 0 Å². The van der Waals surface area contributed by atoms with Gasteiger partial charge in [0.25, 0.3) is 10.0 Å². The van der Waals surface area contributed by atoms with Gasteiger partial charge in [0.2, 0.25) is 0 Å². The normalized spacial score (nSPS) is 11.5. The summed E-state index contributed by atoms with van der Waals surface area (Å²) >= 11 is 6.23. The molecule has 9 heteroatoms. The molecular weight excluding hydrogens is 354 g/mol. The molecule has 0 atom stereocenters. The molecule has 0 aromatic heterocycles. The zero-order valence-corrected chi connectivity index (χ0v) is 15.7. The molecule has 0 spiro atoms. The summed E-state index contributed by atoms with van der Waals surface area (Å²) in [5.74, 6) is -0.654. The molecule has 1 aromatic carbocycles. The fourth-order valence-corrected chi connectivity index (χ4v) is 3.27. The fraction of sp³-hybridized carbons (Fsp3) is 0.467. The van der Waals surface area contributed by atoms with Crippen molar-refractivity contribution in [2.75, 3.05) is 33.1 Å². The Kier molecular flexibility index (Phi) is 7.50. The summed E-state index contributed by atoms with van der Waals surface area (Å²) in [6, 6.07) is 2.64. The second kappa shape index (κ2) is 8.89. The van der Waals surface area contributed by atoms with E-state index in [4.69, 9.17) is 11.6 Å². The number of hydrogen-bond donors (Lipinski definition) is 1. The summed E-state index contributed by atoms with van der Waals surface area (Å²) in [4.78, 5) is 13.1. The molecule has 24 heavy (non-hydrogen) atoms. The van der Waals surface area contributed by atoms with Crippen molar-refractivity contribution in [2.45, 2.75) is 24.7 Å². The summed E-state index contributed by atoms with van der Waals surface area (Å²) in [6.07, 6.45) is 2.99. The molecule has 1 N–H and O–H groups in total. The van der Waals surface area contributed by atoms with Crippen molar-refractivity contribution in [2.24, 2.45) is 4.40 Å². The van der Waals surface area contributed by atoms with Crippen LogP contribution in [0.2, 0.25) is 5.02 Å². The van der Waals surface area contributed by atoms with E-state index in [1.807, 2.05) is 6.92 Å². The molecule has 0 saturated heterocycles. The first kappa shape index (κ1) is 20.2. The highest BCUT2D eigenvalue weighted by Crippen LogP contribution is 2.32. The lowest BCUT2D eigenvalue weighted by Gasteiger charge is -2.13. The number of ether oxygens (including phenoxy) is 1. The van der Waals surface area contributed by atoms with Crippen LogP contribution in [0.5, 0.6) is 0 Å². The molecule has 0 radical (unpaired) electrons. The molecule has 0 amide bonds. The van der Waals surface area contributed by atoms with Gasteiger partial charge in [-0.05, 0) is 18.6 Å². The van der Waals surface area contributed by atoms with E-state index in [0.717, 1.165) is 19.2 Å². The monoisotopic (exact) mass is 375 g/mol. The van der Waals surface area contributed by atoms with Crippen molar-refractivity contribution < 1.29 is 17.9 Å². The number of nitrogens with one attached hydrogen (secondary N) is 1. The van der Waals surface area contributed by atoms with Gasteiger partial charge in [-0.15, -0.1) is 4.40 Å². The summed E-state index contributed by atoms with van der Waals surface area (Å²) < 4.78 is 33.1. The van der Waals surface area contributed by atoms with Gasteiger partial charge in [-0.25, -0.2) is 4.79 Å². The molecule has 0 heterocycles. The van der Waals surface area contributed by atoms with Crippen LogP contribution in [0.1, 0.15) is 30.1 Å². The van der Waals surface area contributed by atoms with Crippen molar-refractivity contribution >= 4 is 39.6 Å². The lowest BCUT2D eigenvalue weighted by molar-refractivity contribution is 0.0600. The number of methoxy groups -OCH3 is 1. The Morgan fingerprint density at radius 1 is 1.42 bits per heavy atom. The zero-order valence-electron chi connectivity index (χ0n) is 14.2. The molecule has 0 bridgehead atoms. The number of nitrogens with zero attached hydrogens (tertiary/aromatic N) is 2. The van der Waals surface area contributed by atoms with E-state index in [0.29, 0.717) is 12.2 Å². The van der Waals surface area contributed by atoms with E-state index < -0.39 is 16.0 Å². The topological polar surface area (TPSA) is 88.1 Å². The molecule has 134 valence electrons. The Labute approximate surface area is 147 Å². The van der Waals surface area contributed by atoms with Crippen LogP contribution in [0.25, 0.3) is 0 Å². The lowest BCUT2D eigenvalue weighted by Crippen LogP contribution is -2.12. The molecule has 1 aromatic rings. The molecular formula is C15H22ClN3O4S. The van der Waals surface area contributed by atoms with Crippen LogP contribution >= 0.6 is 11.6 Å². The molecule has 0 aliphatic rings. The Hall–Kier alpha value is -1.80. The van der Waals surface area contributed by atoms with Crippen LogP contribution in [-0.4, -0.2) is 53.4 Å². The average molecular weight is 376 g/mol. The van der Waals surface area contributed by atoms with Gasteiger partial charge in [0.05, 0.1) is 23.4 Å². The van der Waals surface area contributed by atoms with Crippen LogP contribution in [0.4, 0.5) is 5.69 Å². The van der Waals surface area contributed by atoms with Crippen molar-refractivity contribution in [1.82, 2.24) is 4.90 Å². The van der Waals surface area contributed by atoms with Crippen LogP contribution in [0, 0.1) is 0 Å². The zero-order chi connectivity index (χ0) is 18.3. The molecule has 0 saturated carbocycles. The van der Waals surface area contributed by atoms with Crippen molar-refractivity contribution in [1.29, 1.82) is 0 Å². The largest absolute Gasteiger partial charge is 0.465 e. The minimum atomic E-state index is -4.06. The van der Waals surface area contributed by atoms with Gasteiger partial charge in [-0.2, -0.15) is 8.42 Å². The number of sulfonamides is 1. The third kappa shape index (κ3) is 5.38. The van der Waals surface area contributed by atoms with Gasteiger partial charge >= 0.3 is 5.97 Å². The van der Waals surface area contributed by atoms with E-state index in [1.165, 1.54) is 24.1 Å².